The minimum atomic E-state index is -1.20. The molecule has 3 atom stereocenters. The Morgan fingerprint density at radius 1 is 0.853 bits per heavy atom. The molecule has 0 saturated heterocycles. The third-order valence-electron chi connectivity index (χ3n) is 4.15. The summed E-state index contributed by atoms with van der Waals surface area (Å²) in [7, 11) is 0. The van der Waals surface area contributed by atoms with Crippen LogP contribution in [0.4, 0.5) is 5.69 Å². The molecule has 12 nitrogen and oxygen atoms in total. The first-order valence-corrected chi connectivity index (χ1v) is 12.9. The lowest BCUT2D eigenvalue weighted by molar-refractivity contribution is -0.150. The second-order valence-electron chi connectivity index (χ2n) is 6.90. The number of carbonyl (C=O) groups is 4. The zero-order chi connectivity index (χ0) is 26.2. The Balaban J connectivity index is 3.53. The minimum absolute atomic E-state index is 0.0232. The van der Waals surface area contributed by atoms with E-state index in [2.05, 4.69) is 16.0 Å². The first kappa shape index (κ1) is 31.2. The van der Waals surface area contributed by atoms with Gasteiger partial charge in [0.2, 0.25) is 0 Å². The van der Waals surface area contributed by atoms with Gasteiger partial charge in [0.05, 0.1) is 49.4 Å². The molecule has 0 aliphatic heterocycles. The van der Waals surface area contributed by atoms with Crippen molar-refractivity contribution in [1.82, 2.24) is 10.6 Å². The number of aliphatic hydroxyl groups is 4. The number of aliphatic hydroxyl groups excluding tert-OH is 4. The van der Waals surface area contributed by atoms with Crippen molar-refractivity contribution in [2.75, 3.05) is 31.6 Å². The molecule has 190 valence electrons. The molecule has 3 amide bonds. The van der Waals surface area contributed by atoms with E-state index in [-0.39, 0.29) is 40.6 Å². The van der Waals surface area contributed by atoms with Crippen LogP contribution in [-0.4, -0.2) is 88.7 Å². The van der Waals surface area contributed by atoms with E-state index in [1.807, 2.05) is 45.2 Å². The summed E-state index contributed by atoms with van der Waals surface area (Å²) in [5, 5.41) is 44.6. The molecule has 1 aromatic rings. The minimum Gasteiger partial charge on any atom is -0.453 e. The molecule has 2 unspecified atom stereocenters. The Kier molecular flexibility index (Phi) is 13.4. The van der Waals surface area contributed by atoms with Crippen LogP contribution in [0, 0.1) is 10.7 Å². The van der Waals surface area contributed by atoms with Gasteiger partial charge >= 0.3 is 5.97 Å². The molecule has 0 radical (unpaired) electrons. The van der Waals surface area contributed by atoms with Crippen LogP contribution in [0.2, 0.25) is 0 Å². The second kappa shape index (κ2) is 14.6. The van der Waals surface area contributed by atoms with E-state index >= 15 is 0 Å². The van der Waals surface area contributed by atoms with E-state index in [0.29, 0.717) is 0 Å². The molecule has 7 N–H and O–H groups in total. The summed E-state index contributed by atoms with van der Waals surface area (Å²) < 4.78 is 5.66. The number of esters is 1. The van der Waals surface area contributed by atoms with Gasteiger partial charge in [-0.1, -0.05) is 0 Å². The quantitative estimate of drug-likeness (QED) is 0.115. The highest BCUT2D eigenvalue weighted by Crippen LogP contribution is 2.36. The van der Waals surface area contributed by atoms with Crippen molar-refractivity contribution in [3.05, 3.63) is 21.8 Å². The molecule has 0 fully saturated rings. The molecule has 15 heteroatoms. The summed E-state index contributed by atoms with van der Waals surface area (Å²) >= 11 is 5.45. The zero-order valence-electron chi connectivity index (χ0n) is 18.0. The monoisotopic (exact) mass is 819 g/mol. The lowest BCUT2D eigenvalue weighted by atomic mass is 10.1. The highest BCUT2D eigenvalue weighted by Gasteiger charge is 2.30. The van der Waals surface area contributed by atoms with Gasteiger partial charge in [0.15, 0.2) is 6.10 Å². The maximum Gasteiger partial charge on any atom is 0.303 e. The number of halogens is 3. The number of anilines is 1. The van der Waals surface area contributed by atoms with Crippen LogP contribution in [0.25, 0.3) is 0 Å². The Morgan fingerprint density at radius 3 is 1.62 bits per heavy atom. The van der Waals surface area contributed by atoms with E-state index < -0.39 is 55.2 Å². The molecule has 0 saturated carbocycles. The van der Waals surface area contributed by atoms with Gasteiger partial charge < -0.3 is 41.1 Å². The molecule has 0 heterocycles. The number of amides is 3. The number of ether oxygens (including phenoxy) is 1. The molecular weight excluding hydrogens is 795 g/mol. The van der Waals surface area contributed by atoms with Gasteiger partial charge in [0.1, 0.15) is 0 Å². The van der Waals surface area contributed by atoms with Crippen molar-refractivity contribution in [3.8, 4) is 0 Å². The van der Waals surface area contributed by atoms with E-state index in [1.165, 1.54) is 6.92 Å². The topological polar surface area (TPSA) is 195 Å². The average Bonchev–Trinajstić information content (AvgIpc) is 2.77. The lowest BCUT2D eigenvalue weighted by Gasteiger charge is -2.21. The van der Waals surface area contributed by atoms with E-state index in [4.69, 9.17) is 14.9 Å². The van der Waals surface area contributed by atoms with Gasteiger partial charge in [-0.05, 0) is 74.7 Å². The Bertz CT molecular complexity index is 892. The first-order chi connectivity index (χ1) is 15.8. The van der Waals surface area contributed by atoms with Gasteiger partial charge in [-0.25, -0.2) is 0 Å². The summed E-state index contributed by atoms with van der Waals surface area (Å²) in [5.74, 6) is -2.72. The number of hydrogen-bond acceptors (Lipinski definition) is 9. The van der Waals surface area contributed by atoms with Crippen LogP contribution in [-0.2, 0) is 14.3 Å². The average molecular weight is 819 g/mol. The van der Waals surface area contributed by atoms with E-state index in [0.717, 1.165) is 6.92 Å². The molecule has 0 bridgehead atoms. The third kappa shape index (κ3) is 8.66. The van der Waals surface area contributed by atoms with E-state index in [9.17, 15) is 29.4 Å². The summed E-state index contributed by atoms with van der Waals surface area (Å²) in [5.41, 5.74) is 0.163. The molecular formula is C19H24I3N3O9. The largest absolute Gasteiger partial charge is 0.453 e. The highest BCUT2D eigenvalue weighted by atomic mass is 127. The van der Waals surface area contributed by atoms with Gasteiger partial charge in [0, 0.05) is 23.6 Å². The number of rotatable bonds is 11. The fourth-order valence-corrected chi connectivity index (χ4v) is 6.84. The molecule has 1 rings (SSSR count). The van der Waals surface area contributed by atoms with Crippen LogP contribution >= 0.6 is 67.8 Å². The Hall–Kier alpha value is -0.870. The number of hydrogen-bond donors (Lipinski definition) is 7. The highest BCUT2D eigenvalue weighted by molar-refractivity contribution is 14.1. The maximum atomic E-state index is 12.9. The van der Waals surface area contributed by atoms with Crippen molar-refractivity contribution in [2.24, 2.45) is 0 Å². The molecule has 0 aliphatic rings. The molecule has 34 heavy (non-hydrogen) atoms. The van der Waals surface area contributed by atoms with Gasteiger partial charge in [-0.15, -0.1) is 0 Å². The van der Waals surface area contributed by atoms with Crippen molar-refractivity contribution in [3.63, 3.8) is 0 Å². The SMILES string of the molecule is CC(=O)O[C@@H](C)C(=O)Nc1c(I)c(C(=O)NCC(O)CO)c(I)c(C(=O)NCC(O)CO)c1I. The maximum absolute atomic E-state index is 12.9. The number of benzene rings is 1. The van der Waals surface area contributed by atoms with Crippen molar-refractivity contribution in [2.45, 2.75) is 32.2 Å². The van der Waals surface area contributed by atoms with Gasteiger partial charge in [0.25, 0.3) is 17.7 Å². The van der Waals surface area contributed by atoms with Crippen LogP contribution in [0.3, 0.4) is 0 Å². The summed E-state index contributed by atoms with van der Waals surface area (Å²) in [6.07, 6.45) is -3.55. The zero-order valence-corrected chi connectivity index (χ0v) is 24.5. The van der Waals surface area contributed by atoms with Crippen molar-refractivity contribution in [1.29, 1.82) is 0 Å². The van der Waals surface area contributed by atoms with Crippen LogP contribution in [0.15, 0.2) is 0 Å². The number of nitrogens with one attached hydrogen (secondary N) is 3. The lowest BCUT2D eigenvalue weighted by Crippen LogP contribution is -2.37. The summed E-state index contributed by atoms with van der Waals surface area (Å²) in [4.78, 5) is 49.6. The smallest absolute Gasteiger partial charge is 0.303 e. The number of carbonyl (C=O) groups excluding carboxylic acids is 4. The van der Waals surface area contributed by atoms with E-state index in [1.54, 1.807) is 22.6 Å². The summed E-state index contributed by atoms with van der Waals surface area (Å²) in [6.45, 7) is 0.839. The summed E-state index contributed by atoms with van der Waals surface area (Å²) in [6, 6.07) is 0. The first-order valence-electron chi connectivity index (χ1n) is 9.68. The molecule has 0 spiro atoms. The Morgan fingerprint density at radius 2 is 1.26 bits per heavy atom. The molecule has 0 aromatic heterocycles. The second-order valence-corrected chi connectivity index (χ2v) is 10.1. The van der Waals surface area contributed by atoms with Crippen molar-refractivity contribution >= 4 is 97.2 Å². The predicted octanol–water partition coefficient (Wildman–Crippen LogP) is -0.443. The predicted molar refractivity (Wildman–Crippen MR) is 145 cm³/mol. The van der Waals surface area contributed by atoms with Crippen molar-refractivity contribution < 1.29 is 44.3 Å². The fourth-order valence-electron chi connectivity index (χ4n) is 2.43. The standard InChI is InChI=1S/C19H24I3N3O9/c1-7(34-8(2)28)17(31)25-16-14(21)11(18(32)23-3-9(29)5-26)13(20)12(15(16)22)19(33)24-4-10(30)6-27/h7,9-10,26-27,29-30H,3-6H2,1-2H3,(H,23,32)(H,24,33)(H,25,31)/t7-,9?,10?/m0/s1. The third-order valence-corrected chi connectivity index (χ3v) is 7.39. The van der Waals surface area contributed by atoms with Crippen LogP contribution in [0.5, 0.6) is 0 Å². The molecule has 1 aromatic carbocycles. The van der Waals surface area contributed by atoms with Crippen LogP contribution < -0.4 is 16.0 Å². The van der Waals surface area contributed by atoms with Crippen LogP contribution in [0.1, 0.15) is 34.6 Å². The fraction of sp³-hybridized carbons (Fsp3) is 0.474. The van der Waals surface area contributed by atoms with Gasteiger partial charge in [-0.3, -0.25) is 19.2 Å². The van der Waals surface area contributed by atoms with Gasteiger partial charge in [-0.2, -0.15) is 0 Å². The Labute approximate surface area is 236 Å². The molecule has 0 aliphatic carbocycles. The normalized spacial score (nSPS) is 13.4.